The summed E-state index contributed by atoms with van der Waals surface area (Å²) in [6.45, 7) is 5.23. The van der Waals surface area contributed by atoms with Gasteiger partial charge in [-0.25, -0.2) is 0 Å². The molecule has 2 aliphatic heterocycles. The number of fused-ring (bicyclic) bond motifs is 4. The molecule has 0 atom stereocenters. The number of nitrogens with zero attached hydrogens (tertiary/aromatic N) is 3. The van der Waals surface area contributed by atoms with E-state index in [9.17, 15) is 4.79 Å². The first-order chi connectivity index (χ1) is 17.7. The van der Waals surface area contributed by atoms with E-state index in [4.69, 9.17) is 9.47 Å². The second kappa shape index (κ2) is 11.0. The molecule has 3 aromatic rings. The van der Waals surface area contributed by atoms with Crippen molar-refractivity contribution >= 4 is 24.0 Å². The molecular formula is C30H34ClN3O3. The average Bonchev–Trinajstić information content (AvgIpc) is 3.53. The van der Waals surface area contributed by atoms with Crippen molar-refractivity contribution in [1.82, 2.24) is 9.80 Å². The van der Waals surface area contributed by atoms with Gasteiger partial charge in [0.2, 0.25) is 12.7 Å². The van der Waals surface area contributed by atoms with Crippen LogP contribution in [0.4, 0.5) is 5.69 Å². The van der Waals surface area contributed by atoms with E-state index in [1.165, 1.54) is 22.3 Å². The molecule has 6 rings (SSSR count). The highest BCUT2D eigenvalue weighted by atomic mass is 35.5. The number of halogens is 1. The van der Waals surface area contributed by atoms with Crippen LogP contribution >= 0.6 is 12.4 Å². The van der Waals surface area contributed by atoms with Gasteiger partial charge < -0.3 is 24.2 Å². The maximum Gasteiger partial charge on any atom is 0.231 e. The van der Waals surface area contributed by atoms with Crippen LogP contribution in [0.25, 0.3) is 11.1 Å². The number of rotatable bonds is 7. The van der Waals surface area contributed by atoms with Crippen molar-refractivity contribution in [2.45, 2.75) is 18.8 Å². The molecule has 6 nitrogen and oxygen atoms in total. The van der Waals surface area contributed by atoms with E-state index in [2.05, 4.69) is 71.4 Å². The lowest BCUT2D eigenvalue weighted by atomic mass is 9.93. The number of anilines is 1. The number of piperazine rings is 1. The van der Waals surface area contributed by atoms with Crippen LogP contribution in [0.15, 0.2) is 66.7 Å². The summed E-state index contributed by atoms with van der Waals surface area (Å²) in [4.78, 5) is 19.6. The van der Waals surface area contributed by atoms with Gasteiger partial charge >= 0.3 is 0 Å². The maximum absolute atomic E-state index is 12.9. The molecule has 37 heavy (non-hydrogen) atoms. The highest BCUT2D eigenvalue weighted by Gasteiger charge is 2.28. The van der Waals surface area contributed by atoms with Crippen LogP contribution in [0.2, 0.25) is 0 Å². The van der Waals surface area contributed by atoms with Gasteiger partial charge in [-0.05, 0) is 54.4 Å². The molecule has 1 saturated heterocycles. The average molecular weight is 520 g/mol. The van der Waals surface area contributed by atoms with Crippen molar-refractivity contribution in [2.75, 3.05) is 58.0 Å². The zero-order valence-corrected chi connectivity index (χ0v) is 22.1. The Morgan fingerprint density at radius 2 is 1.51 bits per heavy atom. The van der Waals surface area contributed by atoms with Crippen LogP contribution in [-0.2, 0) is 4.79 Å². The number of carbonyl (C=O) groups is 1. The Balaban J connectivity index is 0.00000280. The Morgan fingerprint density at radius 1 is 0.865 bits per heavy atom. The predicted molar refractivity (Wildman–Crippen MR) is 149 cm³/mol. The van der Waals surface area contributed by atoms with Crippen LogP contribution < -0.4 is 14.4 Å². The summed E-state index contributed by atoms with van der Waals surface area (Å²) < 4.78 is 10.9. The van der Waals surface area contributed by atoms with Gasteiger partial charge in [0.05, 0.1) is 0 Å². The Bertz CT molecular complexity index is 1210. The highest BCUT2D eigenvalue weighted by Crippen LogP contribution is 2.46. The third-order valence-corrected chi connectivity index (χ3v) is 7.82. The fourth-order valence-electron chi connectivity index (χ4n) is 5.77. The van der Waals surface area contributed by atoms with Gasteiger partial charge in [0.15, 0.2) is 11.5 Å². The molecule has 2 heterocycles. The molecule has 1 aliphatic carbocycles. The minimum absolute atomic E-state index is 0. The Hall–Kier alpha value is -3.22. The van der Waals surface area contributed by atoms with Gasteiger partial charge in [0.25, 0.3) is 0 Å². The number of ether oxygens (including phenoxy) is 2. The molecule has 3 aliphatic rings. The molecule has 0 aromatic heterocycles. The van der Waals surface area contributed by atoms with Crippen molar-refractivity contribution in [1.29, 1.82) is 0 Å². The van der Waals surface area contributed by atoms with Gasteiger partial charge in [-0.2, -0.15) is 0 Å². The largest absolute Gasteiger partial charge is 0.454 e. The smallest absolute Gasteiger partial charge is 0.231 e. The standard InChI is InChI=1S/C30H33N3O3.ClH/c1-31(14-12-27-25-8-4-2-6-23(25)24-7-3-5-9-26(24)27)15-13-30(34)33-18-16-32(17-19-33)22-10-11-28-29(20-22)36-21-35-28;/h2-11,20,27H,12-19,21H2,1H3;1H. The van der Waals surface area contributed by atoms with E-state index >= 15 is 0 Å². The van der Waals surface area contributed by atoms with Crippen molar-refractivity contribution in [3.8, 4) is 22.6 Å². The second-order valence-corrected chi connectivity index (χ2v) is 9.97. The Morgan fingerprint density at radius 3 is 2.22 bits per heavy atom. The maximum atomic E-state index is 12.9. The van der Waals surface area contributed by atoms with Crippen molar-refractivity contribution in [2.24, 2.45) is 0 Å². The third-order valence-electron chi connectivity index (χ3n) is 7.82. The van der Waals surface area contributed by atoms with Crippen LogP contribution in [0.3, 0.4) is 0 Å². The zero-order valence-electron chi connectivity index (χ0n) is 21.3. The second-order valence-electron chi connectivity index (χ2n) is 9.97. The quantitative estimate of drug-likeness (QED) is 0.439. The van der Waals surface area contributed by atoms with Gasteiger partial charge in [-0.15, -0.1) is 12.4 Å². The highest BCUT2D eigenvalue weighted by molar-refractivity contribution is 5.85. The van der Waals surface area contributed by atoms with E-state index in [1.807, 2.05) is 17.0 Å². The van der Waals surface area contributed by atoms with Crippen LogP contribution in [-0.4, -0.2) is 68.8 Å². The molecule has 0 saturated carbocycles. The zero-order chi connectivity index (χ0) is 24.5. The summed E-state index contributed by atoms with van der Waals surface area (Å²) in [5.74, 6) is 2.29. The lowest BCUT2D eigenvalue weighted by Gasteiger charge is -2.36. The first kappa shape index (κ1) is 25.4. The number of carbonyl (C=O) groups excluding carboxylic acids is 1. The van der Waals surface area contributed by atoms with Crippen LogP contribution in [0.5, 0.6) is 11.5 Å². The van der Waals surface area contributed by atoms with Gasteiger partial charge in [-0.3, -0.25) is 4.79 Å². The molecule has 0 radical (unpaired) electrons. The topological polar surface area (TPSA) is 45.3 Å². The molecule has 1 amide bonds. The number of benzene rings is 3. The normalized spacial score (nSPS) is 15.9. The van der Waals surface area contributed by atoms with E-state index in [0.29, 0.717) is 12.3 Å². The van der Waals surface area contributed by atoms with Gasteiger partial charge in [0, 0.05) is 56.8 Å². The minimum Gasteiger partial charge on any atom is -0.454 e. The van der Waals surface area contributed by atoms with Crippen LogP contribution in [0.1, 0.15) is 29.9 Å². The lowest BCUT2D eigenvalue weighted by Crippen LogP contribution is -2.49. The molecule has 194 valence electrons. The molecule has 3 aromatic carbocycles. The van der Waals surface area contributed by atoms with Gasteiger partial charge in [0.1, 0.15) is 0 Å². The molecule has 0 unspecified atom stereocenters. The SMILES string of the molecule is CN(CCC(=O)N1CCN(c2ccc3c(c2)OCO3)CC1)CCC1c2ccccc2-c2ccccc21.Cl. The summed E-state index contributed by atoms with van der Waals surface area (Å²) in [5.41, 5.74) is 6.74. The van der Waals surface area contributed by atoms with Crippen molar-refractivity contribution < 1.29 is 14.3 Å². The molecular weight excluding hydrogens is 486 g/mol. The monoisotopic (exact) mass is 519 g/mol. The molecule has 0 N–H and O–H groups in total. The Labute approximate surface area is 225 Å². The van der Waals surface area contributed by atoms with E-state index in [0.717, 1.165) is 62.9 Å². The molecule has 0 spiro atoms. The minimum atomic E-state index is 0. The number of hydrogen-bond acceptors (Lipinski definition) is 5. The van der Waals surface area contributed by atoms with Crippen LogP contribution in [0, 0.1) is 0 Å². The Kier molecular flexibility index (Phi) is 7.58. The first-order valence-electron chi connectivity index (χ1n) is 13.0. The number of amides is 1. The molecule has 1 fully saturated rings. The first-order valence-corrected chi connectivity index (χ1v) is 13.0. The lowest BCUT2D eigenvalue weighted by molar-refractivity contribution is -0.131. The predicted octanol–water partition coefficient (Wildman–Crippen LogP) is 5.01. The number of hydrogen-bond donors (Lipinski definition) is 0. The summed E-state index contributed by atoms with van der Waals surface area (Å²) in [5, 5.41) is 0. The third kappa shape index (κ3) is 5.13. The fraction of sp³-hybridized carbons (Fsp3) is 0.367. The summed E-state index contributed by atoms with van der Waals surface area (Å²) in [6.07, 6.45) is 1.63. The molecule has 7 heteroatoms. The van der Waals surface area contributed by atoms with Crippen molar-refractivity contribution in [3.63, 3.8) is 0 Å². The summed E-state index contributed by atoms with van der Waals surface area (Å²) in [7, 11) is 2.14. The van der Waals surface area contributed by atoms with E-state index < -0.39 is 0 Å². The fourth-order valence-corrected chi connectivity index (χ4v) is 5.77. The molecule has 0 bridgehead atoms. The summed E-state index contributed by atoms with van der Waals surface area (Å²) in [6, 6.07) is 23.6. The summed E-state index contributed by atoms with van der Waals surface area (Å²) >= 11 is 0. The van der Waals surface area contributed by atoms with Crippen molar-refractivity contribution in [3.05, 3.63) is 77.9 Å². The van der Waals surface area contributed by atoms with Gasteiger partial charge in [-0.1, -0.05) is 48.5 Å². The van der Waals surface area contributed by atoms with E-state index in [1.54, 1.807) is 0 Å². The van der Waals surface area contributed by atoms with E-state index in [-0.39, 0.29) is 25.1 Å².